The van der Waals surface area contributed by atoms with Crippen molar-refractivity contribution in [3.05, 3.63) is 18.3 Å². The van der Waals surface area contributed by atoms with Crippen molar-refractivity contribution in [2.24, 2.45) is 0 Å². The van der Waals surface area contributed by atoms with Gasteiger partial charge in [-0.3, -0.25) is 0 Å². The van der Waals surface area contributed by atoms with Gasteiger partial charge in [-0.05, 0) is 19.9 Å². The van der Waals surface area contributed by atoms with Gasteiger partial charge in [0, 0.05) is 37.6 Å². The van der Waals surface area contributed by atoms with Gasteiger partial charge in [0.05, 0.1) is 6.61 Å². The van der Waals surface area contributed by atoms with Gasteiger partial charge in [0.15, 0.2) is 0 Å². The van der Waals surface area contributed by atoms with Gasteiger partial charge in [0.25, 0.3) is 0 Å². The Kier molecular flexibility index (Phi) is 4.90. The van der Waals surface area contributed by atoms with Gasteiger partial charge >= 0.3 is 0 Å². The molecule has 1 rings (SSSR count). The van der Waals surface area contributed by atoms with Crippen LogP contribution in [0.5, 0.6) is 0 Å². The van der Waals surface area contributed by atoms with E-state index in [1.54, 1.807) is 6.20 Å². The summed E-state index contributed by atoms with van der Waals surface area (Å²) in [6.07, 6.45) is 1.73. The zero-order chi connectivity index (χ0) is 11.1. The number of likely N-dealkylation sites (N-methyl/N-ethyl adjacent to an activating group) is 1. The fourth-order valence-corrected chi connectivity index (χ4v) is 1.42. The average Bonchev–Trinajstić information content (AvgIpc) is 2.24. The fourth-order valence-electron chi connectivity index (χ4n) is 1.42. The maximum Gasteiger partial charge on any atom is 0.125 e. The van der Waals surface area contributed by atoms with Crippen LogP contribution in [0.15, 0.2) is 18.3 Å². The number of nitrogens with two attached hydrogens (primary N) is 1. The third kappa shape index (κ3) is 3.75. The number of pyridine rings is 1. The van der Waals surface area contributed by atoms with E-state index >= 15 is 0 Å². The molecule has 15 heavy (non-hydrogen) atoms. The maximum atomic E-state index is 5.64. The van der Waals surface area contributed by atoms with Crippen LogP contribution in [0.1, 0.15) is 13.8 Å². The number of hydrogen-bond acceptors (Lipinski definition) is 4. The summed E-state index contributed by atoms with van der Waals surface area (Å²) in [6, 6.07) is 3.85. The monoisotopic (exact) mass is 209 g/mol. The first-order valence-corrected chi connectivity index (χ1v) is 5.32. The third-order valence-electron chi connectivity index (χ3n) is 2.22. The highest BCUT2D eigenvalue weighted by molar-refractivity contribution is 5.51. The minimum Gasteiger partial charge on any atom is -0.384 e. The lowest BCUT2D eigenvalue weighted by molar-refractivity contribution is 0.154. The van der Waals surface area contributed by atoms with Gasteiger partial charge in [0.1, 0.15) is 5.82 Å². The van der Waals surface area contributed by atoms with E-state index in [4.69, 9.17) is 10.5 Å². The summed E-state index contributed by atoms with van der Waals surface area (Å²) in [7, 11) is 0. The molecule has 0 aromatic carbocycles. The quantitative estimate of drug-likeness (QED) is 0.722. The van der Waals surface area contributed by atoms with Crippen LogP contribution in [0, 0.1) is 0 Å². The Bertz CT molecular complexity index is 291. The summed E-state index contributed by atoms with van der Waals surface area (Å²) in [5.41, 5.74) is 6.74. The van der Waals surface area contributed by atoms with Crippen molar-refractivity contribution >= 4 is 11.5 Å². The van der Waals surface area contributed by atoms with E-state index in [1.165, 1.54) is 0 Å². The molecule has 0 amide bonds. The van der Waals surface area contributed by atoms with Crippen LogP contribution in [0.25, 0.3) is 0 Å². The van der Waals surface area contributed by atoms with Crippen LogP contribution in [0.4, 0.5) is 11.5 Å². The Balaban J connectivity index is 2.57. The molecule has 0 saturated heterocycles. The lowest BCUT2D eigenvalue weighted by Gasteiger charge is -2.22. The molecule has 4 nitrogen and oxygen atoms in total. The normalized spacial score (nSPS) is 10.3. The Hall–Kier alpha value is -1.29. The molecule has 0 aliphatic carbocycles. The first kappa shape index (κ1) is 11.8. The van der Waals surface area contributed by atoms with Gasteiger partial charge in [-0.2, -0.15) is 0 Å². The summed E-state index contributed by atoms with van der Waals surface area (Å²) in [6.45, 7) is 7.44. The molecular formula is C11H19N3O. The van der Waals surface area contributed by atoms with E-state index in [2.05, 4.69) is 16.8 Å². The third-order valence-corrected chi connectivity index (χ3v) is 2.22. The number of ether oxygens (including phenoxy) is 1. The summed E-state index contributed by atoms with van der Waals surface area (Å²) in [5, 5.41) is 0. The van der Waals surface area contributed by atoms with Gasteiger partial charge in [-0.25, -0.2) is 4.98 Å². The molecule has 1 aromatic rings. The number of anilines is 2. The Morgan fingerprint density at radius 1 is 1.47 bits per heavy atom. The van der Waals surface area contributed by atoms with E-state index in [1.807, 2.05) is 19.1 Å². The smallest absolute Gasteiger partial charge is 0.125 e. The minimum atomic E-state index is 0.558. The van der Waals surface area contributed by atoms with Crippen molar-refractivity contribution < 1.29 is 4.74 Å². The Morgan fingerprint density at radius 2 is 2.27 bits per heavy atom. The first-order valence-electron chi connectivity index (χ1n) is 5.32. The minimum absolute atomic E-state index is 0.558. The molecule has 0 unspecified atom stereocenters. The zero-order valence-electron chi connectivity index (χ0n) is 9.44. The first-order chi connectivity index (χ1) is 7.27. The highest BCUT2D eigenvalue weighted by Crippen LogP contribution is 2.14. The second-order valence-electron chi connectivity index (χ2n) is 3.22. The van der Waals surface area contributed by atoms with Crippen molar-refractivity contribution in [1.82, 2.24) is 4.98 Å². The molecule has 0 spiro atoms. The molecule has 0 aliphatic heterocycles. The largest absolute Gasteiger partial charge is 0.384 e. The zero-order valence-corrected chi connectivity index (χ0v) is 9.44. The van der Waals surface area contributed by atoms with E-state index < -0.39 is 0 Å². The molecule has 0 saturated carbocycles. The van der Waals surface area contributed by atoms with Crippen LogP contribution in [-0.2, 0) is 4.74 Å². The lowest BCUT2D eigenvalue weighted by atomic mass is 10.3. The molecule has 0 radical (unpaired) electrons. The summed E-state index contributed by atoms with van der Waals surface area (Å²) >= 11 is 0. The Morgan fingerprint density at radius 3 is 2.87 bits per heavy atom. The number of hydrogen-bond donors (Lipinski definition) is 1. The molecule has 0 fully saturated rings. The van der Waals surface area contributed by atoms with Crippen LogP contribution < -0.4 is 10.6 Å². The lowest BCUT2D eigenvalue weighted by Crippen LogP contribution is -2.27. The van der Waals surface area contributed by atoms with Gasteiger partial charge in [0.2, 0.25) is 0 Å². The van der Waals surface area contributed by atoms with E-state index in [9.17, 15) is 0 Å². The van der Waals surface area contributed by atoms with Gasteiger partial charge in [-0.15, -0.1) is 0 Å². The second-order valence-corrected chi connectivity index (χ2v) is 3.22. The van der Waals surface area contributed by atoms with Crippen LogP contribution in [0.3, 0.4) is 0 Å². The fraction of sp³-hybridized carbons (Fsp3) is 0.545. The average molecular weight is 209 g/mol. The van der Waals surface area contributed by atoms with Crippen molar-refractivity contribution in [2.45, 2.75) is 13.8 Å². The highest BCUT2D eigenvalue weighted by atomic mass is 16.5. The molecule has 1 heterocycles. The summed E-state index contributed by atoms with van der Waals surface area (Å²) in [5.74, 6) is 0.558. The van der Waals surface area contributed by atoms with Crippen molar-refractivity contribution in [1.29, 1.82) is 0 Å². The van der Waals surface area contributed by atoms with E-state index in [0.717, 1.165) is 32.0 Å². The molecule has 2 N–H and O–H groups in total. The van der Waals surface area contributed by atoms with Crippen LogP contribution in [-0.4, -0.2) is 31.3 Å². The van der Waals surface area contributed by atoms with Crippen molar-refractivity contribution in [3.8, 4) is 0 Å². The van der Waals surface area contributed by atoms with E-state index in [-0.39, 0.29) is 0 Å². The molecular weight excluding hydrogens is 190 g/mol. The number of aromatic nitrogens is 1. The molecule has 0 bridgehead atoms. The molecule has 1 aromatic heterocycles. The molecule has 84 valence electrons. The highest BCUT2D eigenvalue weighted by Gasteiger charge is 2.03. The van der Waals surface area contributed by atoms with Gasteiger partial charge in [-0.1, -0.05) is 0 Å². The standard InChI is InChI=1S/C11H19N3O/c1-3-14(7-8-15-4-2)10-5-6-13-11(12)9-10/h5-6,9H,3-4,7-8H2,1-2H3,(H2,12,13). The summed E-state index contributed by atoms with van der Waals surface area (Å²) < 4.78 is 5.33. The predicted molar refractivity (Wildman–Crippen MR) is 63.0 cm³/mol. The van der Waals surface area contributed by atoms with Crippen molar-refractivity contribution in [2.75, 3.05) is 36.9 Å². The molecule has 0 aliphatic rings. The number of nitrogens with zero attached hydrogens (tertiary/aromatic N) is 2. The van der Waals surface area contributed by atoms with Crippen LogP contribution in [0.2, 0.25) is 0 Å². The van der Waals surface area contributed by atoms with Crippen LogP contribution >= 0.6 is 0 Å². The Labute approximate surface area is 91.1 Å². The topological polar surface area (TPSA) is 51.4 Å². The molecule has 0 atom stereocenters. The number of rotatable bonds is 6. The maximum absolute atomic E-state index is 5.64. The summed E-state index contributed by atoms with van der Waals surface area (Å²) in [4.78, 5) is 6.19. The SMILES string of the molecule is CCOCCN(CC)c1ccnc(N)c1. The van der Waals surface area contributed by atoms with Gasteiger partial charge < -0.3 is 15.4 Å². The second kappa shape index (κ2) is 6.24. The van der Waals surface area contributed by atoms with E-state index in [0.29, 0.717) is 5.82 Å². The predicted octanol–water partition coefficient (Wildman–Crippen LogP) is 1.53. The van der Waals surface area contributed by atoms with Crippen molar-refractivity contribution in [3.63, 3.8) is 0 Å². The number of nitrogen functional groups attached to an aromatic ring is 1. The molecule has 4 heteroatoms.